The molecular formula is C25H25N7O2. The van der Waals surface area contributed by atoms with Crippen molar-refractivity contribution >= 4 is 34.5 Å². The fraction of sp³-hybridized carbons (Fsp3) is 0.160. The minimum absolute atomic E-state index is 0.224. The summed E-state index contributed by atoms with van der Waals surface area (Å²) in [6.07, 6.45) is 4.87. The van der Waals surface area contributed by atoms with Gasteiger partial charge in [0.05, 0.1) is 17.9 Å². The fourth-order valence-corrected chi connectivity index (χ4v) is 3.22. The molecule has 0 unspecified atom stereocenters. The van der Waals surface area contributed by atoms with E-state index >= 15 is 0 Å². The van der Waals surface area contributed by atoms with Gasteiger partial charge in [-0.25, -0.2) is 9.97 Å². The summed E-state index contributed by atoms with van der Waals surface area (Å²) in [5, 5.41) is 12.2. The van der Waals surface area contributed by atoms with Crippen LogP contribution in [0.2, 0.25) is 0 Å². The van der Waals surface area contributed by atoms with E-state index in [-0.39, 0.29) is 6.61 Å². The average Bonchev–Trinajstić information content (AvgIpc) is 2.83. The van der Waals surface area contributed by atoms with Crippen LogP contribution in [0.15, 0.2) is 71.3 Å². The number of methoxy groups -OCH3 is 1. The summed E-state index contributed by atoms with van der Waals surface area (Å²) in [5.74, 6) is 2.43. The van der Waals surface area contributed by atoms with E-state index in [0.29, 0.717) is 17.4 Å². The van der Waals surface area contributed by atoms with Crippen LogP contribution in [0.25, 0.3) is 10.9 Å². The molecule has 9 nitrogen and oxygen atoms in total. The fourth-order valence-electron chi connectivity index (χ4n) is 3.22. The van der Waals surface area contributed by atoms with Gasteiger partial charge in [-0.2, -0.15) is 5.10 Å². The topological polar surface area (TPSA) is 120 Å². The number of hydrogen-bond donors (Lipinski definition) is 2. The molecule has 2 heterocycles. The third-order valence-corrected chi connectivity index (χ3v) is 4.89. The molecule has 172 valence electrons. The summed E-state index contributed by atoms with van der Waals surface area (Å²) in [4.78, 5) is 13.1. The van der Waals surface area contributed by atoms with Crippen LogP contribution in [0.4, 0.5) is 11.5 Å². The number of nitrogens with one attached hydrogen (secondary N) is 1. The van der Waals surface area contributed by atoms with Crippen molar-refractivity contribution in [1.82, 2.24) is 15.0 Å². The highest BCUT2D eigenvalue weighted by molar-refractivity contribution is 5.95. The third-order valence-electron chi connectivity index (χ3n) is 4.89. The maximum absolute atomic E-state index is 5.97. The quantitative estimate of drug-likeness (QED) is 0.228. The van der Waals surface area contributed by atoms with Gasteiger partial charge in [-0.05, 0) is 67.4 Å². The lowest BCUT2D eigenvalue weighted by atomic mass is 10.1. The summed E-state index contributed by atoms with van der Waals surface area (Å²) in [6.45, 7) is 4.15. The Morgan fingerprint density at radius 1 is 1.06 bits per heavy atom. The molecule has 2 aromatic carbocycles. The van der Waals surface area contributed by atoms with Crippen molar-refractivity contribution < 1.29 is 9.47 Å². The normalized spacial score (nSPS) is 11.8. The van der Waals surface area contributed by atoms with Crippen molar-refractivity contribution in [2.24, 2.45) is 15.9 Å². The van der Waals surface area contributed by atoms with Gasteiger partial charge < -0.3 is 20.5 Å². The summed E-state index contributed by atoms with van der Waals surface area (Å²) in [5.41, 5.74) is 10.1. The number of aromatic nitrogens is 3. The predicted octanol–water partition coefficient (Wildman–Crippen LogP) is 4.52. The minimum Gasteiger partial charge on any atom is -0.455 e. The van der Waals surface area contributed by atoms with E-state index in [0.717, 1.165) is 39.2 Å². The molecule has 0 saturated heterocycles. The first-order chi connectivity index (χ1) is 16.5. The number of fused-ring (bicyclic) bond motifs is 1. The highest BCUT2D eigenvalue weighted by atomic mass is 16.5. The van der Waals surface area contributed by atoms with Crippen molar-refractivity contribution in [2.75, 3.05) is 19.0 Å². The Labute approximate surface area is 197 Å². The standard InChI is InChI=1S/C25H25N7O2/c1-16-10-19(6-9-23(16)34-20-7-4-17(2)27-13-20)31-25-21-11-18(5-8-22(21)28-15-29-25)12-30-32-24(26)14-33-3/h4-13,15H,14H2,1-3H3,(H2,26,32)(H,28,29,31)/b30-12+. The molecule has 0 aliphatic rings. The predicted molar refractivity (Wildman–Crippen MR) is 134 cm³/mol. The largest absolute Gasteiger partial charge is 0.455 e. The van der Waals surface area contributed by atoms with Gasteiger partial charge in [0.1, 0.15) is 36.1 Å². The number of nitrogens with two attached hydrogens (primary N) is 1. The Bertz CT molecular complexity index is 1350. The Hall–Kier alpha value is -4.37. The number of anilines is 2. The Kier molecular flexibility index (Phi) is 7.04. The van der Waals surface area contributed by atoms with Crippen LogP contribution in [0.5, 0.6) is 11.5 Å². The van der Waals surface area contributed by atoms with E-state index in [1.165, 1.54) is 6.33 Å². The molecule has 0 atom stereocenters. The van der Waals surface area contributed by atoms with Gasteiger partial charge in [0, 0.05) is 23.9 Å². The summed E-state index contributed by atoms with van der Waals surface area (Å²) in [7, 11) is 1.55. The molecule has 0 fully saturated rings. The zero-order valence-electron chi connectivity index (χ0n) is 19.2. The van der Waals surface area contributed by atoms with E-state index in [9.17, 15) is 0 Å². The van der Waals surface area contributed by atoms with Gasteiger partial charge in [-0.1, -0.05) is 6.07 Å². The second kappa shape index (κ2) is 10.5. The second-order valence-electron chi connectivity index (χ2n) is 7.61. The molecule has 4 rings (SSSR count). The first kappa shape index (κ1) is 22.8. The molecule has 3 N–H and O–H groups in total. The van der Waals surface area contributed by atoms with E-state index in [1.807, 2.05) is 62.4 Å². The highest BCUT2D eigenvalue weighted by Gasteiger charge is 2.08. The number of nitrogens with zero attached hydrogens (tertiary/aromatic N) is 5. The number of pyridine rings is 1. The molecule has 0 aliphatic heterocycles. The first-order valence-electron chi connectivity index (χ1n) is 10.6. The molecule has 0 amide bonds. The van der Waals surface area contributed by atoms with Crippen LogP contribution in [-0.4, -0.2) is 40.7 Å². The van der Waals surface area contributed by atoms with Gasteiger partial charge in [0.2, 0.25) is 0 Å². The van der Waals surface area contributed by atoms with E-state index < -0.39 is 0 Å². The van der Waals surface area contributed by atoms with Crippen molar-refractivity contribution in [2.45, 2.75) is 13.8 Å². The van der Waals surface area contributed by atoms with Crippen LogP contribution in [0, 0.1) is 13.8 Å². The van der Waals surface area contributed by atoms with E-state index in [4.69, 9.17) is 15.2 Å². The Morgan fingerprint density at radius 2 is 1.94 bits per heavy atom. The SMILES string of the molecule is COCC(N)=N/N=C/c1ccc2ncnc(Nc3ccc(Oc4ccc(C)nc4)c(C)c3)c2c1. The van der Waals surface area contributed by atoms with Crippen LogP contribution >= 0.6 is 0 Å². The maximum atomic E-state index is 5.97. The number of rotatable bonds is 8. The molecule has 0 saturated carbocycles. The molecule has 2 aromatic heterocycles. The lowest BCUT2D eigenvalue weighted by Crippen LogP contribution is -2.17. The molecule has 0 aliphatic carbocycles. The molecule has 34 heavy (non-hydrogen) atoms. The summed E-state index contributed by atoms with van der Waals surface area (Å²) in [6, 6.07) is 15.4. The monoisotopic (exact) mass is 455 g/mol. The number of hydrogen-bond acceptors (Lipinski definition) is 8. The van der Waals surface area contributed by atoms with Crippen molar-refractivity contribution in [3.63, 3.8) is 0 Å². The molecule has 0 radical (unpaired) electrons. The summed E-state index contributed by atoms with van der Waals surface area (Å²) < 4.78 is 10.9. The lowest BCUT2D eigenvalue weighted by Gasteiger charge is -2.12. The maximum Gasteiger partial charge on any atom is 0.148 e. The number of aryl methyl sites for hydroxylation is 2. The smallest absolute Gasteiger partial charge is 0.148 e. The van der Waals surface area contributed by atoms with Gasteiger partial charge in [0.15, 0.2) is 0 Å². The second-order valence-corrected chi connectivity index (χ2v) is 7.61. The lowest BCUT2D eigenvalue weighted by molar-refractivity contribution is 0.244. The summed E-state index contributed by atoms with van der Waals surface area (Å²) >= 11 is 0. The highest BCUT2D eigenvalue weighted by Crippen LogP contribution is 2.29. The number of ether oxygens (including phenoxy) is 2. The van der Waals surface area contributed by atoms with Crippen molar-refractivity contribution in [3.8, 4) is 11.5 Å². The molecule has 0 spiro atoms. The first-order valence-corrected chi connectivity index (χ1v) is 10.6. The van der Waals surface area contributed by atoms with E-state index in [1.54, 1.807) is 19.5 Å². The van der Waals surface area contributed by atoms with E-state index in [2.05, 4.69) is 30.5 Å². The van der Waals surface area contributed by atoms with Crippen LogP contribution in [0.3, 0.4) is 0 Å². The van der Waals surface area contributed by atoms with Crippen LogP contribution < -0.4 is 15.8 Å². The minimum atomic E-state index is 0.224. The third kappa shape index (κ3) is 5.70. The molecular weight excluding hydrogens is 430 g/mol. The van der Waals surface area contributed by atoms with Gasteiger partial charge in [0.25, 0.3) is 0 Å². The molecule has 0 bridgehead atoms. The van der Waals surface area contributed by atoms with Gasteiger partial charge >= 0.3 is 0 Å². The average molecular weight is 456 g/mol. The molecule has 9 heteroatoms. The molecule has 4 aromatic rings. The van der Waals surface area contributed by atoms with Gasteiger partial charge in [-0.3, -0.25) is 4.98 Å². The van der Waals surface area contributed by atoms with Crippen LogP contribution in [-0.2, 0) is 4.74 Å². The Morgan fingerprint density at radius 3 is 2.71 bits per heavy atom. The number of amidine groups is 1. The Balaban J connectivity index is 1.55. The zero-order chi connectivity index (χ0) is 23.9. The zero-order valence-corrected chi connectivity index (χ0v) is 19.2. The van der Waals surface area contributed by atoms with Gasteiger partial charge in [-0.15, -0.1) is 5.10 Å². The van der Waals surface area contributed by atoms with Crippen molar-refractivity contribution in [1.29, 1.82) is 0 Å². The van der Waals surface area contributed by atoms with Crippen molar-refractivity contribution in [3.05, 3.63) is 77.9 Å². The number of benzene rings is 2. The van der Waals surface area contributed by atoms with Crippen LogP contribution in [0.1, 0.15) is 16.8 Å².